The molecule has 0 radical (unpaired) electrons. The van der Waals surface area contributed by atoms with Crippen molar-refractivity contribution >= 4 is 11.9 Å². The lowest BCUT2D eigenvalue weighted by atomic mass is 10.0. The van der Waals surface area contributed by atoms with E-state index in [1.807, 2.05) is 6.07 Å². The van der Waals surface area contributed by atoms with Crippen LogP contribution in [-0.2, 0) is 0 Å². The van der Waals surface area contributed by atoms with Gasteiger partial charge in [-0.05, 0) is 49.1 Å². The van der Waals surface area contributed by atoms with Crippen molar-refractivity contribution < 1.29 is 18.7 Å². The number of hydrogen-bond donors (Lipinski definition) is 0. The summed E-state index contributed by atoms with van der Waals surface area (Å²) in [6.07, 6.45) is 3.92. The Labute approximate surface area is 153 Å². The van der Waals surface area contributed by atoms with Gasteiger partial charge in [-0.15, -0.1) is 0 Å². The molecule has 5 heteroatoms. The number of Topliss-reactive ketones (excluding diaryl/α,β-unsaturated/α-hetero) is 1. The average Bonchev–Trinajstić information content (AvgIpc) is 3.05. The van der Waals surface area contributed by atoms with E-state index >= 15 is 0 Å². The summed E-state index contributed by atoms with van der Waals surface area (Å²) in [6.45, 7) is 6.56. The number of ether oxygens (including phenoxy) is 2. The number of aryl methyl sites for hydroxylation is 1. The van der Waals surface area contributed by atoms with Crippen LogP contribution in [0.2, 0.25) is 0 Å². The number of ketones is 1. The Morgan fingerprint density at radius 3 is 2.65 bits per heavy atom. The molecule has 1 aromatic heterocycles. The number of allylic oxidation sites excluding steroid dienone is 1. The fraction of sp³-hybridized carbons (Fsp3) is 0.333. The summed E-state index contributed by atoms with van der Waals surface area (Å²) in [5.41, 5.74) is 1.10. The molecule has 0 bridgehead atoms. The van der Waals surface area contributed by atoms with Crippen molar-refractivity contribution in [2.45, 2.75) is 27.2 Å². The van der Waals surface area contributed by atoms with Crippen molar-refractivity contribution in [2.24, 2.45) is 5.92 Å². The van der Waals surface area contributed by atoms with E-state index in [-0.39, 0.29) is 11.4 Å². The van der Waals surface area contributed by atoms with Crippen molar-refractivity contribution in [2.75, 3.05) is 13.7 Å². The van der Waals surface area contributed by atoms with Crippen molar-refractivity contribution in [1.82, 2.24) is 0 Å². The zero-order chi connectivity index (χ0) is 19.1. The summed E-state index contributed by atoms with van der Waals surface area (Å²) in [5.74, 6) is 1.88. The van der Waals surface area contributed by atoms with Gasteiger partial charge in [0.05, 0.1) is 25.5 Å². The van der Waals surface area contributed by atoms with E-state index in [9.17, 15) is 10.1 Å². The molecule has 0 unspecified atom stereocenters. The van der Waals surface area contributed by atoms with Gasteiger partial charge in [0, 0.05) is 0 Å². The number of nitrogens with zero attached hydrogens (tertiary/aromatic N) is 1. The van der Waals surface area contributed by atoms with Crippen LogP contribution in [0.3, 0.4) is 0 Å². The molecule has 1 heterocycles. The molecule has 0 saturated heterocycles. The van der Waals surface area contributed by atoms with Gasteiger partial charge in [0.2, 0.25) is 5.78 Å². The SMILES string of the molecule is COc1cc(/C=C(\C#N)C(=O)c2ccoc2C)ccc1OCCC(C)C. The van der Waals surface area contributed by atoms with Gasteiger partial charge in [0.25, 0.3) is 0 Å². The number of nitriles is 1. The Morgan fingerprint density at radius 2 is 2.08 bits per heavy atom. The zero-order valence-corrected chi connectivity index (χ0v) is 15.5. The largest absolute Gasteiger partial charge is 0.493 e. The number of furan rings is 1. The van der Waals surface area contributed by atoms with Crippen LogP contribution in [0, 0.1) is 24.2 Å². The second kappa shape index (κ2) is 8.91. The number of hydrogen-bond acceptors (Lipinski definition) is 5. The van der Waals surface area contributed by atoms with Crippen LogP contribution in [0.1, 0.15) is 41.9 Å². The van der Waals surface area contributed by atoms with Gasteiger partial charge in [-0.3, -0.25) is 4.79 Å². The van der Waals surface area contributed by atoms with Crippen LogP contribution in [0.5, 0.6) is 11.5 Å². The van der Waals surface area contributed by atoms with Crippen LogP contribution in [0.25, 0.3) is 6.08 Å². The molecule has 5 nitrogen and oxygen atoms in total. The first-order valence-electron chi connectivity index (χ1n) is 8.47. The molecule has 2 aromatic rings. The number of carbonyl (C=O) groups is 1. The molecule has 0 saturated carbocycles. The van der Waals surface area contributed by atoms with E-state index in [0.29, 0.717) is 40.9 Å². The maximum atomic E-state index is 12.5. The first-order valence-corrected chi connectivity index (χ1v) is 8.47. The molecule has 0 spiro atoms. The molecule has 0 amide bonds. The maximum Gasteiger partial charge on any atom is 0.207 e. The number of rotatable bonds is 8. The highest BCUT2D eigenvalue weighted by atomic mass is 16.5. The summed E-state index contributed by atoms with van der Waals surface area (Å²) in [4.78, 5) is 12.5. The topological polar surface area (TPSA) is 72.5 Å². The number of benzene rings is 1. The third kappa shape index (κ3) is 4.76. The lowest BCUT2D eigenvalue weighted by molar-refractivity contribution is 0.103. The summed E-state index contributed by atoms with van der Waals surface area (Å²) >= 11 is 0. The van der Waals surface area contributed by atoms with Gasteiger partial charge in [-0.2, -0.15) is 5.26 Å². The van der Waals surface area contributed by atoms with E-state index in [1.54, 1.807) is 38.3 Å². The first-order chi connectivity index (χ1) is 12.5. The highest BCUT2D eigenvalue weighted by molar-refractivity contribution is 6.14. The fourth-order valence-corrected chi connectivity index (χ4v) is 2.38. The van der Waals surface area contributed by atoms with Crippen molar-refractivity contribution in [1.29, 1.82) is 5.26 Å². The molecule has 0 fully saturated rings. The molecule has 0 N–H and O–H groups in total. The first kappa shape index (κ1) is 19.3. The molecular weight excluding hydrogens is 330 g/mol. The quantitative estimate of drug-likeness (QED) is 0.387. The monoisotopic (exact) mass is 353 g/mol. The number of carbonyl (C=O) groups excluding carboxylic acids is 1. The predicted octanol–water partition coefficient (Wildman–Crippen LogP) is 4.81. The molecule has 136 valence electrons. The van der Waals surface area contributed by atoms with Crippen LogP contribution >= 0.6 is 0 Å². The third-order valence-electron chi connectivity index (χ3n) is 3.92. The van der Waals surface area contributed by atoms with E-state index in [0.717, 1.165) is 6.42 Å². The van der Waals surface area contributed by atoms with Gasteiger partial charge in [-0.25, -0.2) is 0 Å². The Hall–Kier alpha value is -3.00. The van der Waals surface area contributed by atoms with Crippen molar-refractivity contribution in [3.8, 4) is 17.6 Å². The molecule has 0 aliphatic rings. The zero-order valence-electron chi connectivity index (χ0n) is 15.5. The van der Waals surface area contributed by atoms with Crippen LogP contribution < -0.4 is 9.47 Å². The lowest BCUT2D eigenvalue weighted by Gasteiger charge is -2.12. The van der Waals surface area contributed by atoms with Crippen molar-refractivity contribution in [3.63, 3.8) is 0 Å². The lowest BCUT2D eigenvalue weighted by Crippen LogP contribution is -2.03. The van der Waals surface area contributed by atoms with Gasteiger partial charge in [0.15, 0.2) is 11.5 Å². The van der Waals surface area contributed by atoms with Crippen LogP contribution in [0.15, 0.2) is 40.5 Å². The third-order valence-corrected chi connectivity index (χ3v) is 3.92. The van der Waals surface area contributed by atoms with E-state index in [2.05, 4.69) is 13.8 Å². The van der Waals surface area contributed by atoms with Gasteiger partial charge in [-0.1, -0.05) is 19.9 Å². The smallest absolute Gasteiger partial charge is 0.207 e. The molecule has 2 rings (SSSR count). The van der Waals surface area contributed by atoms with Gasteiger partial charge in [0.1, 0.15) is 17.4 Å². The minimum Gasteiger partial charge on any atom is -0.493 e. The Balaban J connectivity index is 2.24. The minimum atomic E-state index is -0.366. The molecule has 1 aromatic carbocycles. The van der Waals surface area contributed by atoms with Gasteiger partial charge < -0.3 is 13.9 Å². The van der Waals surface area contributed by atoms with Gasteiger partial charge >= 0.3 is 0 Å². The maximum absolute atomic E-state index is 12.5. The highest BCUT2D eigenvalue weighted by Crippen LogP contribution is 2.29. The molecule has 0 aliphatic heterocycles. The summed E-state index contributed by atoms with van der Waals surface area (Å²) in [7, 11) is 1.56. The normalized spacial score (nSPS) is 11.3. The molecule has 26 heavy (non-hydrogen) atoms. The Kier molecular flexibility index (Phi) is 6.62. The predicted molar refractivity (Wildman–Crippen MR) is 99.3 cm³/mol. The minimum absolute atomic E-state index is 0.0324. The van der Waals surface area contributed by atoms with Crippen LogP contribution in [-0.4, -0.2) is 19.5 Å². The number of methoxy groups -OCH3 is 1. The summed E-state index contributed by atoms with van der Waals surface area (Å²) < 4.78 is 16.3. The summed E-state index contributed by atoms with van der Waals surface area (Å²) in [6, 6.07) is 8.85. The second-order valence-corrected chi connectivity index (χ2v) is 6.33. The standard InChI is InChI=1S/C21H23NO4/c1-14(2)7-9-26-19-6-5-16(12-20(19)24-4)11-17(13-22)21(23)18-8-10-25-15(18)3/h5-6,8,10-12,14H,7,9H2,1-4H3/b17-11+. The average molecular weight is 353 g/mol. The Morgan fingerprint density at radius 1 is 1.31 bits per heavy atom. The van der Waals surface area contributed by atoms with E-state index < -0.39 is 0 Å². The van der Waals surface area contributed by atoms with Crippen molar-refractivity contribution in [3.05, 3.63) is 53.0 Å². The second-order valence-electron chi connectivity index (χ2n) is 6.33. The highest BCUT2D eigenvalue weighted by Gasteiger charge is 2.17. The Bertz CT molecular complexity index is 840. The fourth-order valence-electron chi connectivity index (χ4n) is 2.38. The summed E-state index contributed by atoms with van der Waals surface area (Å²) in [5, 5.41) is 9.37. The van der Waals surface area contributed by atoms with E-state index in [4.69, 9.17) is 13.9 Å². The molecular formula is C21H23NO4. The molecule has 0 aliphatic carbocycles. The van der Waals surface area contributed by atoms with Crippen LogP contribution in [0.4, 0.5) is 0 Å². The molecule has 0 atom stereocenters. The van der Waals surface area contributed by atoms with E-state index in [1.165, 1.54) is 12.3 Å².